The first-order chi connectivity index (χ1) is 6.70. The SMILES string of the molecule is O=Cc1cc2cc(F)ccc2nc1Cl. The number of benzene rings is 1. The maximum absolute atomic E-state index is 12.8. The summed E-state index contributed by atoms with van der Waals surface area (Å²) in [6.45, 7) is 0. The summed E-state index contributed by atoms with van der Waals surface area (Å²) in [4.78, 5) is 14.5. The molecule has 0 spiro atoms. The molecule has 2 aromatic rings. The van der Waals surface area contributed by atoms with Gasteiger partial charge in [0, 0.05) is 5.39 Å². The Kier molecular flexibility index (Phi) is 2.17. The molecule has 0 aliphatic rings. The molecule has 1 aromatic heterocycles. The molecule has 4 heteroatoms. The van der Waals surface area contributed by atoms with Crippen LogP contribution in [-0.2, 0) is 0 Å². The quantitative estimate of drug-likeness (QED) is 0.534. The average molecular weight is 210 g/mol. The van der Waals surface area contributed by atoms with E-state index in [1.807, 2.05) is 0 Å². The lowest BCUT2D eigenvalue weighted by Gasteiger charge is -2.00. The second kappa shape index (κ2) is 3.35. The van der Waals surface area contributed by atoms with E-state index in [0.717, 1.165) is 0 Å². The molecule has 70 valence electrons. The summed E-state index contributed by atoms with van der Waals surface area (Å²) >= 11 is 5.71. The van der Waals surface area contributed by atoms with E-state index in [-0.39, 0.29) is 16.5 Å². The van der Waals surface area contributed by atoms with E-state index in [2.05, 4.69) is 4.98 Å². The van der Waals surface area contributed by atoms with Gasteiger partial charge in [0.15, 0.2) is 6.29 Å². The van der Waals surface area contributed by atoms with Gasteiger partial charge in [-0.1, -0.05) is 11.6 Å². The Morgan fingerprint density at radius 2 is 2.14 bits per heavy atom. The zero-order valence-corrected chi connectivity index (χ0v) is 7.75. The standard InChI is InChI=1S/C10H5ClFNO/c11-10-7(5-14)3-6-4-8(12)1-2-9(6)13-10/h1-5H. The molecule has 0 aliphatic carbocycles. The predicted octanol–water partition coefficient (Wildman–Crippen LogP) is 2.84. The molecule has 0 atom stereocenters. The highest BCUT2D eigenvalue weighted by molar-refractivity contribution is 6.32. The molecule has 0 unspecified atom stereocenters. The van der Waals surface area contributed by atoms with Crippen LogP contribution in [-0.4, -0.2) is 11.3 Å². The molecule has 0 saturated heterocycles. The molecule has 1 heterocycles. The smallest absolute Gasteiger partial charge is 0.153 e. The van der Waals surface area contributed by atoms with Crippen molar-refractivity contribution >= 4 is 28.8 Å². The van der Waals surface area contributed by atoms with Gasteiger partial charge < -0.3 is 0 Å². The molecule has 0 bridgehead atoms. The Balaban J connectivity index is 2.79. The number of pyridine rings is 1. The minimum absolute atomic E-state index is 0.138. The van der Waals surface area contributed by atoms with E-state index in [4.69, 9.17) is 11.6 Å². The highest BCUT2D eigenvalue weighted by Gasteiger charge is 2.04. The molecule has 14 heavy (non-hydrogen) atoms. The lowest BCUT2D eigenvalue weighted by atomic mass is 10.2. The fraction of sp³-hybridized carbons (Fsp3) is 0. The highest BCUT2D eigenvalue weighted by Crippen LogP contribution is 2.19. The van der Waals surface area contributed by atoms with Gasteiger partial charge in [-0.2, -0.15) is 0 Å². The van der Waals surface area contributed by atoms with E-state index >= 15 is 0 Å². The predicted molar refractivity (Wildman–Crippen MR) is 52.1 cm³/mol. The molecule has 0 fully saturated rings. The Bertz CT molecular complexity index is 513. The molecular formula is C10H5ClFNO. The topological polar surface area (TPSA) is 30.0 Å². The fourth-order valence-corrected chi connectivity index (χ4v) is 1.41. The van der Waals surface area contributed by atoms with Crippen molar-refractivity contribution in [2.45, 2.75) is 0 Å². The van der Waals surface area contributed by atoms with Crippen LogP contribution in [0.1, 0.15) is 10.4 Å². The Hall–Kier alpha value is -1.48. The number of carbonyl (C=O) groups is 1. The van der Waals surface area contributed by atoms with Gasteiger partial charge in [0.1, 0.15) is 11.0 Å². The molecule has 0 radical (unpaired) electrons. The van der Waals surface area contributed by atoms with Gasteiger partial charge in [0.05, 0.1) is 11.1 Å². The summed E-state index contributed by atoms with van der Waals surface area (Å²) < 4.78 is 12.8. The van der Waals surface area contributed by atoms with Crippen LogP contribution in [0, 0.1) is 5.82 Å². The Morgan fingerprint density at radius 1 is 1.36 bits per heavy atom. The van der Waals surface area contributed by atoms with Crippen molar-refractivity contribution in [3.63, 3.8) is 0 Å². The first-order valence-electron chi connectivity index (χ1n) is 3.91. The van der Waals surface area contributed by atoms with E-state index in [1.165, 1.54) is 24.3 Å². The lowest BCUT2D eigenvalue weighted by Crippen LogP contribution is -1.88. The summed E-state index contributed by atoms with van der Waals surface area (Å²) in [7, 11) is 0. The van der Waals surface area contributed by atoms with E-state index < -0.39 is 0 Å². The first kappa shape index (κ1) is 9.09. The molecule has 0 N–H and O–H groups in total. The van der Waals surface area contributed by atoms with Crippen LogP contribution in [0.5, 0.6) is 0 Å². The van der Waals surface area contributed by atoms with Gasteiger partial charge in [-0.25, -0.2) is 9.37 Å². The van der Waals surface area contributed by atoms with E-state index in [1.54, 1.807) is 0 Å². The molecule has 1 aromatic carbocycles. The molecular weight excluding hydrogens is 205 g/mol. The number of fused-ring (bicyclic) bond motifs is 1. The highest BCUT2D eigenvalue weighted by atomic mass is 35.5. The van der Waals surface area contributed by atoms with Crippen molar-refractivity contribution < 1.29 is 9.18 Å². The van der Waals surface area contributed by atoms with Crippen molar-refractivity contribution in [2.75, 3.05) is 0 Å². The van der Waals surface area contributed by atoms with Gasteiger partial charge in [-0.15, -0.1) is 0 Å². The number of hydrogen-bond donors (Lipinski definition) is 0. The van der Waals surface area contributed by atoms with Crippen molar-refractivity contribution in [2.24, 2.45) is 0 Å². The number of hydrogen-bond acceptors (Lipinski definition) is 2. The number of rotatable bonds is 1. The minimum Gasteiger partial charge on any atom is -0.298 e. The largest absolute Gasteiger partial charge is 0.298 e. The van der Waals surface area contributed by atoms with Crippen LogP contribution in [0.25, 0.3) is 10.9 Å². The second-order valence-corrected chi connectivity index (χ2v) is 3.18. The number of nitrogens with zero attached hydrogens (tertiary/aromatic N) is 1. The Morgan fingerprint density at radius 3 is 2.86 bits per heavy atom. The van der Waals surface area contributed by atoms with Crippen LogP contribution in [0.2, 0.25) is 5.15 Å². The van der Waals surface area contributed by atoms with Gasteiger partial charge in [0.2, 0.25) is 0 Å². The Labute approximate surface area is 84.3 Å². The normalized spacial score (nSPS) is 10.4. The lowest BCUT2D eigenvalue weighted by molar-refractivity contribution is 0.112. The molecule has 2 nitrogen and oxygen atoms in total. The summed E-state index contributed by atoms with van der Waals surface area (Å²) in [5, 5.41) is 0.704. The van der Waals surface area contributed by atoms with Crippen molar-refractivity contribution in [3.05, 3.63) is 40.8 Å². The van der Waals surface area contributed by atoms with Gasteiger partial charge >= 0.3 is 0 Å². The average Bonchev–Trinajstić information content (AvgIpc) is 2.17. The summed E-state index contributed by atoms with van der Waals surface area (Å²) in [6, 6.07) is 5.64. The third-order valence-corrected chi connectivity index (χ3v) is 2.19. The minimum atomic E-state index is -0.363. The number of aldehydes is 1. The van der Waals surface area contributed by atoms with Crippen LogP contribution in [0.4, 0.5) is 4.39 Å². The van der Waals surface area contributed by atoms with Crippen LogP contribution < -0.4 is 0 Å². The first-order valence-corrected chi connectivity index (χ1v) is 4.29. The summed E-state index contributed by atoms with van der Waals surface area (Å²) in [6.07, 6.45) is 0.597. The van der Waals surface area contributed by atoms with Crippen molar-refractivity contribution in [1.82, 2.24) is 4.98 Å². The van der Waals surface area contributed by atoms with Crippen LogP contribution >= 0.6 is 11.6 Å². The zero-order chi connectivity index (χ0) is 10.1. The van der Waals surface area contributed by atoms with Crippen LogP contribution in [0.15, 0.2) is 24.3 Å². The number of aromatic nitrogens is 1. The molecule has 2 rings (SSSR count). The van der Waals surface area contributed by atoms with Crippen molar-refractivity contribution in [3.8, 4) is 0 Å². The monoisotopic (exact) mass is 209 g/mol. The van der Waals surface area contributed by atoms with Gasteiger partial charge in [0.25, 0.3) is 0 Å². The third kappa shape index (κ3) is 1.46. The van der Waals surface area contributed by atoms with E-state index in [9.17, 15) is 9.18 Å². The number of halogens is 2. The fourth-order valence-electron chi connectivity index (χ4n) is 1.22. The van der Waals surface area contributed by atoms with E-state index in [0.29, 0.717) is 17.2 Å². The third-order valence-electron chi connectivity index (χ3n) is 1.88. The van der Waals surface area contributed by atoms with Gasteiger partial charge in [-0.05, 0) is 24.3 Å². The number of carbonyl (C=O) groups excluding carboxylic acids is 1. The summed E-state index contributed by atoms with van der Waals surface area (Å²) in [5.74, 6) is -0.363. The van der Waals surface area contributed by atoms with Gasteiger partial charge in [-0.3, -0.25) is 4.79 Å². The maximum Gasteiger partial charge on any atom is 0.153 e. The second-order valence-electron chi connectivity index (χ2n) is 2.82. The molecule has 0 aliphatic heterocycles. The molecule has 0 amide bonds. The maximum atomic E-state index is 12.8. The molecule has 0 saturated carbocycles. The summed E-state index contributed by atoms with van der Waals surface area (Å²) in [5.41, 5.74) is 0.840. The van der Waals surface area contributed by atoms with Crippen LogP contribution in [0.3, 0.4) is 0 Å². The zero-order valence-electron chi connectivity index (χ0n) is 7.00. The van der Waals surface area contributed by atoms with Crippen molar-refractivity contribution in [1.29, 1.82) is 0 Å².